The first-order valence-corrected chi connectivity index (χ1v) is 10.7. The van der Waals surface area contributed by atoms with Crippen molar-refractivity contribution in [2.24, 2.45) is 5.73 Å². The normalized spacial score (nSPS) is 13.8. The third kappa shape index (κ3) is 5.32. The van der Waals surface area contributed by atoms with E-state index in [2.05, 4.69) is 15.5 Å². The van der Waals surface area contributed by atoms with Crippen LogP contribution in [0.1, 0.15) is 47.3 Å². The maximum atomic E-state index is 13.2. The number of nitrogens with zero attached hydrogens (tertiary/aromatic N) is 2. The Morgan fingerprint density at radius 1 is 1.06 bits per heavy atom. The van der Waals surface area contributed by atoms with E-state index in [4.69, 9.17) is 10.2 Å². The highest BCUT2D eigenvalue weighted by atomic mass is 19.1. The maximum absolute atomic E-state index is 13.2. The summed E-state index contributed by atoms with van der Waals surface area (Å²) >= 11 is 0. The third-order valence-corrected chi connectivity index (χ3v) is 5.42. The number of halogens is 1. The molecule has 2 atom stereocenters. The van der Waals surface area contributed by atoms with E-state index in [0.717, 1.165) is 11.1 Å². The Bertz CT molecular complexity index is 1240. The minimum atomic E-state index is -0.841. The second-order valence-electron chi connectivity index (χ2n) is 8.32. The standard InChI is InChI=1S/C26H25FN4O2/c1-17(19-11-13-22(27)14-12-19)29-23(32)20-9-6-10-21(15-20)24-30-31-25(33-24)26(2,28)16-18-7-4-3-5-8-18/h3-15,17H,16,28H2,1-2H3,(H,29,32)/t17-,26-/m1/s1. The zero-order valence-electron chi connectivity index (χ0n) is 18.5. The molecule has 4 rings (SSSR count). The van der Waals surface area contributed by atoms with Crippen LogP contribution in [0.15, 0.2) is 83.3 Å². The van der Waals surface area contributed by atoms with Crippen molar-refractivity contribution in [3.63, 3.8) is 0 Å². The molecule has 0 aliphatic heterocycles. The quantitative estimate of drug-likeness (QED) is 0.428. The minimum absolute atomic E-state index is 0.263. The topological polar surface area (TPSA) is 94.0 Å². The lowest BCUT2D eigenvalue weighted by molar-refractivity contribution is 0.0940. The Balaban J connectivity index is 1.49. The van der Waals surface area contributed by atoms with Crippen molar-refractivity contribution < 1.29 is 13.6 Å². The predicted molar refractivity (Wildman–Crippen MR) is 124 cm³/mol. The highest BCUT2D eigenvalue weighted by Gasteiger charge is 2.29. The fourth-order valence-corrected chi connectivity index (χ4v) is 3.57. The summed E-state index contributed by atoms with van der Waals surface area (Å²) in [5.41, 5.74) is 8.57. The van der Waals surface area contributed by atoms with Gasteiger partial charge in [0.05, 0.1) is 11.6 Å². The molecule has 1 amide bonds. The van der Waals surface area contributed by atoms with Gasteiger partial charge in [0.1, 0.15) is 5.82 Å². The molecule has 0 fully saturated rings. The van der Waals surface area contributed by atoms with Gasteiger partial charge in [-0.15, -0.1) is 10.2 Å². The zero-order valence-corrected chi connectivity index (χ0v) is 18.5. The second-order valence-corrected chi connectivity index (χ2v) is 8.32. The number of nitrogens with one attached hydrogen (secondary N) is 1. The Kier molecular flexibility index (Phi) is 6.33. The van der Waals surface area contributed by atoms with Crippen LogP contribution in [0.4, 0.5) is 4.39 Å². The van der Waals surface area contributed by atoms with Crippen molar-refractivity contribution in [1.82, 2.24) is 15.5 Å². The number of benzene rings is 3. The Morgan fingerprint density at radius 3 is 2.52 bits per heavy atom. The number of nitrogens with two attached hydrogens (primary N) is 1. The first-order chi connectivity index (χ1) is 15.8. The number of hydrogen-bond acceptors (Lipinski definition) is 5. The van der Waals surface area contributed by atoms with E-state index in [0.29, 0.717) is 23.4 Å². The van der Waals surface area contributed by atoms with Gasteiger partial charge in [-0.1, -0.05) is 48.5 Å². The molecule has 7 heteroatoms. The third-order valence-electron chi connectivity index (χ3n) is 5.42. The molecule has 33 heavy (non-hydrogen) atoms. The largest absolute Gasteiger partial charge is 0.419 e. The van der Waals surface area contributed by atoms with Gasteiger partial charge in [0, 0.05) is 11.1 Å². The number of carbonyl (C=O) groups is 1. The van der Waals surface area contributed by atoms with E-state index in [1.54, 1.807) is 36.4 Å². The zero-order chi connectivity index (χ0) is 23.4. The molecule has 0 saturated carbocycles. The average molecular weight is 445 g/mol. The van der Waals surface area contributed by atoms with Gasteiger partial charge in [0.15, 0.2) is 0 Å². The van der Waals surface area contributed by atoms with E-state index in [-0.39, 0.29) is 23.7 Å². The van der Waals surface area contributed by atoms with Gasteiger partial charge in [-0.3, -0.25) is 4.79 Å². The molecule has 3 aromatic carbocycles. The molecule has 0 saturated heterocycles. The molecular weight excluding hydrogens is 419 g/mol. The van der Waals surface area contributed by atoms with Crippen molar-refractivity contribution in [1.29, 1.82) is 0 Å². The lowest BCUT2D eigenvalue weighted by atomic mass is 9.94. The summed E-state index contributed by atoms with van der Waals surface area (Å²) in [5, 5.41) is 11.2. The summed E-state index contributed by atoms with van der Waals surface area (Å²) in [7, 11) is 0. The predicted octanol–water partition coefficient (Wildman–Crippen LogP) is 4.78. The lowest BCUT2D eigenvalue weighted by Crippen LogP contribution is -2.35. The molecule has 0 unspecified atom stereocenters. The highest BCUT2D eigenvalue weighted by Crippen LogP contribution is 2.26. The van der Waals surface area contributed by atoms with Gasteiger partial charge < -0.3 is 15.5 Å². The first-order valence-electron chi connectivity index (χ1n) is 10.7. The average Bonchev–Trinajstić information content (AvgIpc) is 3.31. The Labute approximate surface area is 191 Å². The van der Waals surface area contributed by atoms with E-state index in [1.165, 1.54) is 12.1 Å². The molecule has 0 bridgehead atoms. The first kappa shape index (κ1) is 22.4. The summed E-state index contributed by atoms with van der Waals surface area (Å²) in [4.78, 5) is 12.8. The van der Waals surface area contributed by atoms with Gasteiger partial charge in [0.25, 0.3) is 5.91 Å². The number of carbonyl (C=O) groups excluding carboxylic acids is 1. The summed E-state index contributed by atoms with van der Waals surface area (Å²) in [6.07, 6.45) is 0.541. The number of rotatable bonds is 7. The van der Waals surface area contributed by atoms with Crippen LogP contribution in [-0.4, -0.2) is 16.1 Å². The summed E-state index contributed by atoms with van der Waals surface area (Å²) < 4.78 is 19.0. The van der Waals surface area contributed by atoms with Gasteiger partial charge >= 0.3 is 0 Å². The van der Waals surface area contributed by atoms with E-state index in [9.17, 15) is 9.18 Å². The maximum Gasteiger partial charge on any atom is 0.251 e. The molecule has 0 aliphatic rings. The summed E-state index contributed by atoms with van der Waals surface area (Å²) in [6.45, 7) is 3.69. The fraction of sp³-hybridized carbons (Fsp3) is 0.192. The van der Waals surface area contributed by atoms with Crippen LogP contribution >= 0.6 is 0 Å². The molecular formula is C26H25FN4O2. The Hall–Kier alpha value is -3.84. The smallest absolute Gasteiger partial charge is 0.251 e. The molecule has 0 radical (unpaired) electrons. The van der Waals surface area contributed by atoms with Crippen molar-refractivity contribution in [2.75, 3.05) is 0 Å². The summed E-state index contributed by atoms with van der Waals surface area (Å²) in [6, 6.07) is 22.6. The van der Waals surface area contributed by atoms with Crippen LogP contribution < -0.4 is 11.1 Å². The number of amides is 1. The van der Waals surface area contributed by atoms with E-state index >= 15 is 0 Å². The molecule has 168 valence electrons. The minimum Gasteiger partial charge on any atom is -0.419 e. The van der Waals surface area contributed by atoms with Gasteiger partial charge in [-0.2, -0.15) is 0 Å². The van der Waals surface area contributed by atoms with Crippen molar-refractivity contribution in [3.8, 4) is 11.5 Å². The fourth-order valence-electron chi connectivity index (χ4n) is 3.57. The number of aromatic nitrogens is 2. The van der Waals surface area contributed by atoms with Crippen LogP contribution in [0.3, 0.4) is 0 Å². The highest BCUT2D eigenvalue weighted by molar-refractivity contribution is 5.95. The van der Waals surface area contributed by atoms with Crippen LogP contribution in [-0.2, 0) is 12.0 Å². The van der Waals surface area contributed by atoms with E-state index < -0.39 is 5.54 Å². The van der Waals surface area contributed by atoms with Gasteiger partial charge in [-0.05, 0) is 61.7 Å². The van der Waals surface area contributed by atoms with Crippen LogP contribution in [0.5, 0.6) is 0 Å². The van der Waals surface area contributed by atoms with Crippen LogP contribution in [0.2, 0.25) is 0 Å². The molecule has 1 heterocycles. The van der Waals surface area contributed by atoms with Crippen LogP contribution in [0, 0.1) is 5.82 Å². The molecule has 0 spiro atoms. The number of hydrogen-bond donors (Lipinski definition) is 2. The molecule has 3 N–H and O–H groups in total. The van der Waals surface area contributed by atoms with Crippen molar-refractivity contribution >= 4 is 5.91 Å². The molecule has 4 aromatic rings. The van der Waals surface area contributed by atoms with Gasteiger partial charge in [-0.25, -0.2) is 4.39 Å². The molecule has 1 aromatic heterocycles. The molecule has 6 nitrogen and oxygen atoms in total. The van der Waals surface area contributed by atoms with Crippen LogP contribution in [0.25, 0.3) is 11.5 Å². The monoisotopic (exact) mass is 444 g/mol. The summed E-state index contributed by atoms with van der Waals surface area (Å²) in [5.74, 6) is 0.0273. The van der Waals surface area contributed by atoms with E-state index in [1.807, 2.05) is 44.2 Å². The van der Waals surface area contributed by atoms with Gasteiger partial charge in [0.2, 0.25) is 11.8 Å². The molecule has 0 aliphatic carbocycles. The van der Waals surface area contributed by atoms with Crippen molar-refractivity contribution in [2.45, 2.75) is 31.8 Å². The van der Waals surface area contributed by atoms with Crippen molar-refractivity contribution in [3.05, 3.63) is 107 Å². The second kappa shape index (κ2) is 9.34. The lowest BCUT2D eigenvalue weighted by Gasteiger charge is -2.20. The SMILES string of the molecule is C[C@@H](NC(=O)c1cccc(-c2nnc([C@](C)(N)Cc3ccccc3)o2)c1)c1ccc(F)cc1. The Morgan fingerprint density at radius 2 is 1.79 bits per heavy atom.